The maximum absolute atomic E-state index is 11.8. The number of hydrogen-bond donors (Lipinski definition) is 1. The van der Waals surface area contributed by atoms with Crippen LogP contribution in [0.15, 0.2) is 42.5 Å². The van der Waals surface area contributed by atoms with Gasteiger partial charge in [-0.3, -0.25) is 15.4 Å². The smallest absolute Gasteiger partial charge is 0.410 e. The van der Waals surface area contributed by atoms with Crippen LogP contribution in [0.5, 0.6) is 5.75 Å². The normalized spacial score (nSPS) is 10.0. The zero-order chi connectivity index (χ0) is 15.4. The monoisotopic (exact) mass is 306 g/mol. The van der Waals surface area contributed by atoms with Crippen molar-refractivity contribution in [1.82, 2.24) is 0 Å². The van der Waals surface area contributed by atoms with Crippen LogP contribution in [-0.2, 0) is 0 Å². The standard InChI is InChI=1S/C14H11ClN2O4/c1-9-2-5-11(17(19)20)8-13(9)16-14(18)21-12-6-3-10(15)4-7-12/h2-8H,1H3,(H,16,18). The highest BCUT2D eigenvalue weighted by atomic mass is 35.5. The molecule has 7 heteroatoms. The molecule has 0 aromatic heterocycles. The first kappa shape index (κ1) is 14.8. The quantitative estimate of drug-likeness (QED) is 0.681. The van der Waals surface area contributed by atoms with Crippen LogP contribution in [0.3, 0.4) is 0 Å². The van der Waals surface area contributed by atoms with Gasteiger partial charge in [-0.2, -0.15) is 0 Å². The molecular weight excluding hydrogens is 296 g/mol. The summed E-state index contributed by atoms with van der Waals surface area (Å²) in [6.07, 6.45) is -0.735. The second-order valence-electron chi connectivity index (χ2n) is 4.22. The van der Waals surface area contributed by atoms with Crippen LogP contribution in [0.2, 0.25) is 5.02 Å². The summed E-state index contributed by atoms with van der Waals surface area (Å²) in [5.41, 5.74) is 0.902. The second-order valence-corrected chi connectivity index (χ2v) is 4.66. The molecule has 6 nitrogen and oxygen atoms in total. The number of carbonyl (C=O) groups is 1. The van der Waals surface area contributed by atoms with Gasteiger partial charge in [0.1, 0.15) is 5.75 Å². The molecule has 0 aliphatic heterocycles. The maximum Gasteiger partial charge on any atom is 0.417 e. The van der Waals surface area contributed by atoms with Crippen molar-refractivity contribution in [3.05, 3.63) is 63.2 Å². The first-order chi connectivity index (χ1) is 9.95. The van der Waals surface area contributed by atoms with E-state index >= 15 is 0 Å². The SMILES string of the molecule is Cc1ccc([N+](=O)[O-])cc1NC(=O)Oc1ccc(Cl)cc1. The van der Waals surface area contributed by atoms with Gasteiger partial charge in [-0.05, 0) is 36.8 Å². The molecule has 0 atom stereocenters. The number of anilines is 1. The lowest BCUT2D eigenvalue weighted by atomic mass is 10.2. The predicted molar refractivity (Wildman–Crippen MR) is 78.9 cm³/mol. The Morgan fingerprint density at radius 3 is 2.52 bits per heavy atom. The Labute approximate surface area is 125 Å². The highest BCUT2D eigenvalue weighted by Crippen LogP contribution is 2.22. The summed E-state index contributed by atoms with van der Waals surface area (Å²) in [7, 11) is 0. The number of ether oxygens (including phenoxy) is 1. The lowest BCUT2D eigenvalue weighted by Gasteiger charge is -2.09. The van der Waals surface area contributed by atoms with E-state index in [0.717, 1.165) is 0 Å². The Balaban J connectivity index is 2.10. The molecule has 0 radical (unpaired) electrons. The first-order valence-corrected chi connectivity index (χ1v) is 6.33. The minimum Gasteiger partial charge on any atom is -0.410 e. The summed E-state index contributed by atoms with van der Waals surface area (Å²) < 4.78 is 5.05. The van der Waals surface area contributed by atoms with Crippen molar-refractivity contribution in [3.8, 4) is 5.75 Å². The lowest BCUT2D eigenvalue weighted by Crippen LogP contribution is -2.17. The van der Waals surface area contributed by atoms with Gasteiger partial charge < -0.3 is 4.74 Å². The number of nitrogens with zero attached hydrogens (tertiary/aromatic N) is 1. The van der Waals surface area contributed by atoms with E-state index in [1.165, 1.54) is 12.1 Å². The molecule has 108 valence electrons. The number of hydrogen-bond acceptors (Lipinski definition) is 4. The van der Waals surface area contributed by atoms with E-state index in [1.54, 1.807) is 37.3 Å². The topological polar surface area (TPSA) is 81.5 Å². The summed E-state index contributed by atoms with van der Waals surface area (Å²) in [6, 6.07) is 10.5. The predicted octanol–water partition coefficient (Wildman–Crippen LogP) is 4.17. The third-order valence-electron chi connectivity index (χ3n) is 2.69. The fraction of sp³-hybridized carbons (Fsp3) is 0.0714. The van der Waals surface area contributed by atoms with E-state index in [0.29, 0.717) is 22.0 Å². The third kappa shape index (κ3) is 3.93. The Morgan fingerprint density at radius 2 is 1.90 bits per heavy atom. The molecule has 21 heavy (non-hydrogen) atoms. The van der Waals surface area contributed by atoms with Gasteiger partial charge >= 0.3 is 6.09 Å². The number of amides is 1. The van der Waals surface area contributed by atoms with E-state index in [4.69, 9.17) is 16.3 Å². The number of halogens is 1. The van der Waals surface area contributed by atoms with Crippen LogP contribution in [-0.4, -0.2) is 11.0 Å². The Kier molecular flexibility index (Phi) is 4.39. The summed E-state index contributed by atoms with van der Waals surface area (Å²) in [6.45, 7) is 1.72. The van der Waals surface area contributed by atoms with Crippen LogP contribution in [0.4, 0.5) is 16.2 Å². The molecule has 0 aliphatic rings. The number of aryl methyl sites for hydroxylation is 1. The third-order valence-corrected chi connectivity index (χ3v) is 2.94. The van der Waals surface area contributed by atoms with Crippen molar-refractivity contribution >= 4 is 29.1 Å². The van der Waals surface area contributed by atoms with Gasteiger partial charge in [-0.1, -0.05) is 17.7 Å². The number of nitrogens with one attached hydrogen (secondary N) is 1. The summed E-state index contributed by atoms with van der Waals surface area (Å²) in [5, 5.41) is 13.7. The van der Waals surface area contributed by atoms with Gasteiger partial charge in [0.2, 0.25) is 0 Å². The summed E-state index contributed by atoms with van der Waals surface area (Å²) in [4.78, 5) is 22.0. The lowest BCUT2D eigenvalue weighted by molar-refractivity contribution is -0.384. The average Bonchev–Trinajstić information content (AvgIpc) is 2.43. The Bertz CT molecular complexity index is 686. The van der Waals surface area contributed by atoms with Crippen molar-refractivity contribution < 1.29 is 14.5 Å². The fourth-order valence-corrected chi connectivity index (χ4v) is 1.73. The van der Waals surface area contributed by atoms with Crippen molar-refractivity contribution in [3.63, 3.8) is 0 Å². The maximum atomic E-state index is 11.8. The van der Waals surface area contributed by atoms with Crippen LogP contribution >= 0.6 is 11.6 Å². The molecular formula is C14H11ClN2O4. The van der Waals surface area contributed by atoms with Gasteiger partial charge in [0, 0.05) is 17.2 Å². The number of benzene rings is 2. The van der Waals surface area contributed by atoms with Gasteiger partial charge in [-0.25, -0.2) is 4.79 Å². The molecule has 0 spiro atoms. The number of nitro benzene ring substituents is 1. The van der Waals surface area contributed by atoms with Gasteiger partial charge in [0.25, 0.3) is 5.69 Å². The molecule has 0 bridgehead atoms. The Morgan fingerprint density at radius 1 is 1.24 bits per heavy atom. The number of rotatable bonds is 3. The van der Waals surface area contributed by atoms with Crippen LogP contribution in [0.25, 0.3) is 0 Å². The van der Waals surface area contributed by atoms with Crippen molar-refractivity contribution in [2.45, 2.75) is 6.92 Å². The number of nitro groups is 1. The van der Waals surface area contributed by atoms with E-state index in [-0.39, 0.29) is 5.69 Å². The van der Waals surface area contributed by atoms with E-state index in [2.05, 4.69) is 5.32 Å². The summed E-state index contributed by atoms with van der Waals surface area (Å²) in [5.74, 6) is 0.319. The molecule has 0 heterocycles. The van der Waals surface area contributed by atoms with Crippen molar-refractivity contribution in [1.29, 1.82) is 0 Å². The number of non-ortho nitro benzene ring substituents is 1. The van der Waals surface area contributed by atoms with Crippen LogP contribution < -0.4 is 10.1 Å². The van der Waals surface area contributed by atoms with Crippen LogP contribution in [0.1, 0.15) is 5.56 Å². The van der Waals surface area contributed by atoms with Gasteiger partial charge in [0.15, 0.2) is 0 Å². The van der Waals surface area contributed by atoms with E-state index < -0.39 is 11.0 Å². The highest BCUT2D eigenvalue weighted by molar-refractivity contribution is 6.30. The van der Waals surface area contributed by atoms with Crippen LogP contribution in [0, 0.1) is 17.0 Å². The Hall–Kier alpha value is -2.60. The minimum atomic E-state index is -0.735. The zero-order valence-corrected chi connectivity index (χ0v) is 11.8. The minimum absolute atomic E-state index is 0.109. The molecule has 0 fully saturated rings. The molecule has 2 aromatic rings. The zero-order valence-electron chi connectivity index (χ0n) is 11.0. The second kappa shape index (κ2) is 6.23. The molecule has 1 amide bonds. The van der Waals surface area contributed by atoms with Gasteiger partial charge in [-0.15, -0.1) is 0 Å². The highest BCUT2D eigenvalue weighted by Gasteiger charge is 2.12. The number of carbonyl (C=O) groups excluding carboxylic acids is 1. The molecule has 0 saturated heterocycles. The van der Waals surface area contributed by atoms with Crippen molar-refractivity contribution in [2.75, 3.05) is 5.32 Å². The molecule has 0 aliphatic carbocycles. The fourth-order valence-electron chi connectivity index (χ4n) is 1.60. The first-order valence-electron chi connectivity index (χ1n) is 5.95. The summed E-state index contributed by atoms with van der Waals surface area (Å²) >= 11 is 5.73. The molecule has 2 rings (SSSR count). The molecule has 1 N–H and O–H groups in total. The average molecular weight is 307 g/mol. The molecule has 2 aromatic carbocycles. The van der Waals surface area contributed by atoms with E-state index in [9.17, 15) is 14.9 Å². The molecule has 0 saturated carbocycles. The largest absolute Gasteiger partial charge is 0.417 e. The van der Waals surface area contributed by atoms with Gasteiger partial charge in [0.05, 0.1) is 10.6 Å². The van der Waals surface area contributed by atoms with E-state index in [1.807, 2.05) is 0 Å². The molecule has 0 unspecified atom stereocenters. The van der Waals surface area contributed by atoms with Crippen molar-refractivity contribution in [2.24, 2.45) is 0 Å².